The Kier molecular flexibility index (Phi) is 4.77. The van der Waals surface area contributed by atoms with Crippen LogP contribution < -0.4 is 0 Å². The van der Waals surface area contributed by atoms with Gasteiger partial charge < -0.3 is 14.5 Å². The maximum absolute atomic E-state index is 13.2. The third-order valence-corrected chi connectivity index (χ3v) is 3.50. The quantitative estimate of drug-likeness (QED) is 0.839. The summed E-state index contributed by atoms with van der Waals surface area (Å²) in [7, 11) is 0. The van der Waals surface area contributed by atoms with Crippen LogP contribution in [0.5, 0.6) is 0 Å². The standard InChI is InChI=1S/C15H19FN2O3/c1-3-21-15(20)18-8-6-17(7-9-18)14(19)12-4-5-13(16)11(2)10-12/h4-5,10H,3,6-9H2,1-2H3. The summed E-state index contributed by atoms with van der Waals surface area (Å²) in [4.78, 5) is 27.2. The van der Waals surface area contributed by atoms with Crippen molar-refractivity contribution in [3.63, 3.8) is 0 Å². The van der Waals surface area contributed by atoms with Crippen molar-refractivity contribution in [1.29, 1.82) is 0 Å². The molecule has 1 aromatic carbocycles. The molecule has 0 aliphatic carbocycles. The van der Waals surface area contributed by atoms with Gasteiger partial charge in [-0.2, -0.15) is 0 Å². The number of carbonyl (C=O) groups excluding carboxylic acids is 2. The molecule has 0 saturated carbocycles. The summed E-state index contributed by atoms with van der Waals surface area (Å²) < 4.78 is 18.2. The van der Waals surface area contributed by atoms with Crippen LogP contribution in [-0.4, -0.2) is 54.6 Å². The summed E-state index contributed by atoms with van der Waals surface area (Å²) >= 11 is 0. The average Bonchev–Trinajstić information content (AvgIpc) is 2.50. The van der Waals surface area contributed by atoms with Gasteiger partial charge >= 0.3 is 6.09 Å². The molecular formula is C15H19FN2O3. The molecule has 0 spiro atoms. The third-order valence-electron chi connectivity index (χ3n) is 3.50. The molecule has 0 atom stereocenters. The maximum Gasteiger partial charge on any atom is 0.409 e. The van der Waals surface area contributed by atoms with E-state index in [1.54, 1.807) is 29.7 Å². The van der Waals surface area contributed by atoms with Crippen LogP contribution in [0.3, 0.4) is 0 Å². The van der Waals surface area contributed by atoms with Gasteiger partial charge in [0.15, 0.2) is 0 Å². The van der Waals surface area contributed by atoms with Gasteiger partial charge in [-0.25, -0.2) is 9.18 Å². The largest absolute Gasteiger partial charge is 0.450 e. The Morgan fingerprint density at radius 2 is 1.81 bits per heavy atom. The van der Waals surface area contributed by atoms with Gasteiger partial charge in [-0.1, -0.05) is 0 Å². The van der Waals surface area contributed by atoms with Gasteiger partial charge in [-0.15, -0.1) is 0 Å². The van der Waals surface area contributed by atoms with Gasteiger partial charge in [0.1, 0.15) is 5.82 Å². The molecular weight excluding hydrogens is 275 g/mol. The van der Waals surface area contributed by atoms with E-state index in [9.17, 15) is 14.0 Å². The molecule has 5 nitrogen and oxygen atoms in total. The monoisotopic (exact) mass is 294 g/mol. The van der Waals surface area contributed by atoms with Gasteiger partial charge in [-0.05, 0) is 37.6 Å². The zero-order valence-electron chi connectivity index (χ0n) is 12.3. The zero-order chi connectivity index (χ0) is 15.4. The van der Waals surface area contributed by atoms with Crippen LogP contribution in [0.1, 0.15) is 22.8 Å². The molecule has 6 heteroatoms. The molecule has 1 aliphatic heterocycles. The van der Waals surface area contributed by atoms with E-state index in [0.29, 0.717) is 43.9 Å². The normalized spacial score (nSPS) is 15.0. The number of halogens is 1. The molecule has 0 radical (unpaired) electrons. The number of hydrogen-bond acceptors (Lipinski definition) is 3. The minimum Gasteiger partial charge on any atom is -0.450 e. The van der Waals surface area contributed by atoms with E-state index in [4.69, 9.17) is 4.74 Å². The van der Waals surface area contributed by atoms with Crippen LogP contribution in [0.2, 0.25) is 0 Å². The van der Waals surface area contributed by atoms with Crippen LogP contribution >= 0.6 is 0 Å². The number of carbonyl (C=O) groups is 2. The third kappa shape index (κ3) is 3.51. The fourth-order valence-electron chi connectivity index (χ4n) is 2.27. The summed E-state index contributed by atoms with van der Waals surface area (Å²) in [5, 5.41) is 0. The number of nitrogens with zero attached hydrogens (tertiary/aromatic N) is 2. The van der Waals surface area contributed by atoms with E-state index in [1.807, 2.05) is 0 Å². The van der Waals surface area contributed by atoms with Crippen LogP contribution in [0.15, 0.2) is 18.2 Å². The van der Waals surface area contributed by atoms with Gasteiger partial charge in [0.05, 0.1) is 6.61 Å². The SMILES string of the molecule is CCOC(=O)N1CCN(C(=O)c2ccc(F)c(C)c2)CC1. The van der Waals surface area contributed by atoms with Crippen LogP contribution in [0, 0.1) is 12.7 Å². The number of rotatable bonds is 2. The van der Waals surface area contributed by atoms with E-state index in [1.165, 1.54) is 12.1 Å². The van der Waals surface area contributed by atoms with Crippen molar-refractivity contribution in [2.75, 3.05) is 32.8 Å². The first-order valence-electron chi connectivity index (χ1n) is 7.00. The molecule has 1 fully saturated rings. The van der Waals surface area contributed by atoms with E-state index in [2.05, 4.69) is 0 Å². The van der Waals surface area contributed by atoms with Crippen molar-refractivity contribution in [3.8, 4) is 0 Å². The molecule has 0 unspecified atom stereocenters. The number of aryl methyl sites for hydroxylation is 1. The van der Waals surface area contributed by atoms with Gasteiger partial charge in [0, 0.05) is 31.7 Å². The molecule has 2 amide bonds. The highest BCUT2D eigenvalue weighted by atomic mass is 19.1. The number of piperazine rings is 1. The van der Waals surface area contributed by atoms with Gasteiger partial charge in [0.2, 0.25) is 0 Å². The molecule has 0 aromatic heterocycles. The zero-order valence-corrected chi connectivity index (χ0v) is 12.3. The maximum atomic E-state index is 13.2. The summed E-state index contributed by atoms with van der Waals surface area (Å²) in [5.41, 5.74) is 0.921. The van der Waals surface area contributed by atoms with Crippen LogP contribution in [0.4, 0.5) is 9.18 Å². The topological polar surface area (TPSA) is 49.9 Å². The fourth-order valence-corrected chi connectivity index (χ4v) is 2.27. The molecule has 1 aliphatic rings. The highest BCUT2D eigenvalue weighted by Crippen LogP contribution is 2.13. The van der Waals surface area contributed by atoms with Crippen LogP contribution in [-0.2, 0) is 4.74 Å². The number of amides is 2. The average molecular weight is 294 g/mol. The molecule has 1 saturated heterocycles. The Bertz CT molecular complexity index is 540. The summed E-state index contributed by atoms with van der Waals surface area (Å²) in [6.07, 6.45) is -0.345. The molecule has 0 bridgehead atoms. The number of ether oxygens (including phenoxy) is 1. The second-order valence-electron chi connectivity index (χ2n) is 4.94. The van der Waals surface area contributed by atoms with Gasteiger partial charge in [-0.3, -0.25) is 4.79 Å². The lowest BCUT2D eigenvalue weighted by atomic mass is 10.1. The van der Waals surface area contributed by atoms with Crippen molar-refractivity contribution in [2.45, 2.75) is 13.8 Å². The first-order valence-corrected chi connectivity index (χ1v) is 7.00. The molecule has 1 aromatic rings. The van der Waals surface area contributed by atoms with Crippen molar-refractivity contribution in [2.24, 2.45) is 0 Å². The highest BCUT2D eigenvalue weighted by molar-refractivity contribution is 5.94. The predicted octanol–water partition coefficient (Wildman–Crippen LogP) is 2.05. The number of benzene rings is 1. The van der Waals surface area contributed by atoms with Crippen molar-refractivity contribution in [1.82, 2.24) is 9.80 Å². The second kappa shape index (κ2) is 6.56. The Morgan fingerprint density at radius 1 is 1.19 bits per heavy atom. The van der Waals surface area contributed by atoms with Crippen LogP contribution in [0.25, 0.3) is 0 Å². The Balaban J connectivity index is 1.97. The molecule has 0 N–H and O–H groups in total. The first-order chi connectivity index (χ1) is 10.0. The molecule has 21 heavy (non-hydrogen) atoms. The summed E-state index contributed by atoms with van der Waals surface area (Å²) in [6, 6.07) is 4.34. The lowest BCUT2D eigenvalue weighted by molar-refractivity contribution is 0.0570. The lowest BCUT2D eigenvalue weighted by Gasteiger charge is -2.34. The van der Waals surface area contributed by atoms with E-state index in [0.717, 1.165) is 0 Å². The van der Waals surface area contributed by atoms with Gasteiger partial charge in [0.25, 0.3) is 5.91 Å². The van der Waals surface area contributed by atoms with Crippen molar-refractivity contribution < 1.29 is 18.7 Å². The summed E-state index contributed by atoms with van der Waals surface area (Å²) in [5.74, 6) is -0.458. The molecule has 114 valence electrons. The first kappa shape index (κ1) is 15.3. The van der Waals surface area contributed by atoms with Crippen molar-refractivity contribution >= 4 is 12.0 Å². The lowest BCUT2D eigenvalue weighted by Crippen LogP contribution is -2.50. The molecule has 2 rings (SSSR count). The van der Waals surface area contributed by atoms with Crippen molar-refractivity contribution in [3.05, 3.63) is 35.1 Å². The molecule has 1 heterocycles. The number of hydrogen-bond donors (Lipinski definition) is 0. The Hall–Kier alpha value is -2.11. The van der Waals surface area contributed by atoms with E-state index in [-0.39, 0.29) is 17.8 Å². The minimum atomic E-state index is -0.345. The van der Waals surface area contributed by atoms with E-state index < -0.39 is 0 Å². The van der Waals surface area contributed by atoms with E-state index >= 15 is 0 Å². The second-order valence-corrected chi connectivity index (χ2v) is 4.94. The predicted molar refractivity (Wildman–Crippen MR) is 75.6 cm³/mol. The highest BCUT2D eigenvalue weighted by Gasteiger charge is 2.25. The Morgan fingerprint density at radius 3 is 2.38 bits per heavy atom. The summed E-state index contributed by atoms with van der Waals surface area (Å²) in [6.45, 7) is 5.53. The minimum absolute atomic E-state index is 0.137. The Labute approximate surface area is 123 Å². The smallest absolute Gasteiger partial charge is 0.409 e. The fraction of sp³-hybridized carbons (Fsp3) is 0.467.